The van der Waals surface area contributed by atoms with E-state index in [0.29, 0.717) is 18.1 Å². The number of ether oxygens (including phenoxy) is 2. The van der Waals surface area contributed by atoms with Gasteiger partial charge in [-0.05, 0) is 43.3 Å². The van der Waals surface area contributed by atoms with Crippen molar-refractivity contribution in [2.24, 2.45) is 0 Å². The fraction of sp³-hybridized carbons (Fsp3) is 0.300. The summed E-state index contributed by atoms with van der Waals surface area (Å²) in [5, 5.41) is 5.09. The minimum Gasteiger partial charge on any atom is -0.490 e. The van der Waals surface area contributed by atoms with Gasteiger partial charge in [0.05, 0.1) is 12.2 Å². The molecule has 0 spiro atoms. The van der Waals surface area contributed by atoms with E-state index in [1.54, 1.807) is 24.3 Å². The molecule has 2 aromatic carbocycles. The summed E-state index contributed by atoms with van der Waals surface area (Å²) < 4.78 is 48.4. The van der Waals surface area contributed by atoms with E-state index in [1.807, 2.05) is 6.92 Å². The summed E-state index contributed by atoms with van der Waals surface area (Å²) in [6.45, 7) is 2.33. The normalized spacial score (nSPS) is 10.9. The molecule has 0 aliphatic heterocycles. The fourth-order valence-corrected chi connectivity index (χ4v) is 2.33. The van der Waals surface area contributed by atoms with Crippen LogP contribution in [0, 0.1) is 0 Å². The summed E-state index contributed by atoms with van der Waals surface area (Å²) in [7, 11) is 0. The van der Waals surface area contributed by atoms with Crippen molar-refractivity contribution in [2.75, 3.05) is 26.3 Å². The van der Waals surface area contributed by atoms with E-state index in [1.165, 1.54) is 0 Å². The molecule has 156 valence electrons. The SMILES string of the molecule is CCOc1ccccc1OCC(=O)NCCNC(=O)c1ccc(C(F)(F)F)cc1. The number of carbonyl (C=O) groups excluding carboxylic acids is 2. The Labute approximate surface area is 166 Å². The van der Waals surface area contributed by atoms with Crippen LogP contribution >= 0.6 is 0 Å². The first kappa shape index (κ1) is 22.1. The van der Waals surface area contributed by atoms with Crippen molar-refractivity contribution in [2.45, 2.75) is 13.1 Å². The summed E-state index contributed by atoms with van der Waals surface area (Å²) >= 11 is 0. The molecule has 2 rings (SSSR count). The minimum absolute atomic E-state index is 0.0974. The van der Waals surface area contributed by atoms with Gasteiger partial charge in [0.2, 0.25) is 0 Å². The highest BCUT2D eigenvalue weighted by atomic mass is 19.4. The molecular formula is C20H21F3N2O4. The van der Waals surface area contributed by atoms with Gasteiger partial charge in [0.25, 0.3) is 11.8 Å². The van der Waals surface area contributed by atoms with Crippen molar-refractivity contribution < 1.29 is 32.2 Å². The molecule has 9 heteroatoms. The maximum Gasteiger partial charge on any atom is 0.416 e. The van der Waals surface area contributed by atoms with E-state index in [9.17, 15) is 22.8 Å². The molecule has 0 aliphatic rings. The lowest BCUT2D eigenvalue weighted by Crippen LogP contribution is -2.36. The molecule has 6 nitrogen and oxygen atoms in total. The number of nitrogens with one attached hydrogen (secondary N) is 2. The molecule has 0 bridgehead atoms. The second-order valence-electron chi connectivity index (χ2n) is 5.85. The van der Waals surface area contributed by atoms with Gasteiger partial charge in [-0.2, -0.15) is 13.2 Å². The van der Waals surface area contributed by atoms with Gasteiger partial charge in [0.1, 0.15) is 0 Å². The standard InChI is InChI=1S/C20H21F3N2O4/c1-2-28-16-5-3-4-6-17(16)29-13-18(26)24-11-12-25-19(27)14-7-9-15(10-8-14)20(21,22)23/h3-10H,2,11-13H2,1H3,(H,24,26)(H,25,27). The molecule has 0 saturated carbocycles. The molecule has 0 aliphatic carbocycles. The van der Waals surface area contributed by atoms with Crippen LogP contribution in [0.25, 0.3) is 0 Å². The molecule has 2 aromatic rings. The highest BCUT2D eigenvalue weighted by Gasteiger charge is 2.30. The maximum absolute atomic E-state index is 12.5. The van der Waals surface area contributed by atoms with Crippen molar-refractivity contribution in [3.63, 3.8) is 0 Å². The van der Waals surface area contributed by atoms with Crippen LogP contribution in [0.2, 0.25) is 0 Å². The highest BCUT2D eigenvalue weighted by molar-refractivity contribution is 5.94. The van der Waals surface area contributed by atoms with Crippen LogP contribution in [-0.4, -0.2) is 38.1 Å². The van der Waals surface area contributed by atoms with Gasteiger partial charge in [0, 0.05) is 18.7 Å². The Morgan fingerprint density at radius 2 is 1.48 bits per heavy atom. The van der Waals surface area contributed by atoms with Gasteiger partial charge in [-0.25, -0.2) is 0 Å². The van der Waals surface area contributed by atoms with Gasteiger partial charge in [-0.3, -0.25) is 9.59 Å². The third-order valence-electron chi connectivity index (χ3n) is 3.71. The lowest BCUT2D eigenvalue weighted by atomic mass is 10.1. The summed E-state index contributed by atoms with van der Waals surface area (Å²) in [4.78, 5) is 23.8. The largest absolute Gasteiger partial charge is 0.490 e. The average Bonchev–Trinajstić information content (AvgIpc) is 2.70. The van der Waals surface area contributed by atoms with Gasteiger partial charge in [-0.15, -0.1) is 0 Å². The van der Waals surface area contributed by atoms with Crippen LogP contribution < -0.4 is 20.1 Å². The van der Waals surface area contributed by atoms with Crippen molar-refractivity contribution in [1.29, 1.82) is 0 Å². The van der Waals surface area contributed by atoms with E-state index in [4.69, 9.17) is 9.47 Å². The van der Waals surface area contributed by atoms with Crippen molar-refractivity contribution >= 4 is 11.8 Å². The Morgan fingerprint density at radius 3 is 2.07 bits per heavy atom. The molecule has 2 N–H and O–H groups in total. The lowest BCUT2D eigenvalue weighted by molar-refractivity contribution is -0.137. The summed E-state index contributed by atoms with van der Waals surface area (Å²) in [5.41, 5.74) is -0.729. The van der Waals surface area contributed by atoms with Crippen LogP contribution in [0.15, 0.2) is 48.5 Å². The number of para-hydroxylation sites is 2. The first-order valence-corrected chi connectivity index (χ1v) is 8.88. The van der Waals surface area contributed by atoms with E-state index < -0.39 is 17.6 Å². The number of hydrogen-bond acceptors (Lipinski definition) is 4. The van der Waals surface area contributed by atoms with E-state index >= 15 is 0 Å². The molecule has 0 fully saturated rings. The smallest absolute Gasteiger partial charge is 0.416 e. The third kappa shape index (κ3) is 7.02. The number of benzene rings is 2. The quantitative estimate of drug-likeness (QED) is 0.623. The van der Waals surface area contributed by atoms with E-state index in [2.05, 4.69) is 10.6 Å². The molecule has 2 amide bonds. The molecular weight excluding hydrogens is 389 g/mol. The third-order valence-corrected chi connectivity index (χ3v) is 3.71. The lowest BCUT2D eigenvalue weighted by Gasteiger charge is -2.12. The number of halogens is 3. The van der Waals surface area contributed by atoms with Gasteiger partial charge in [-0.1, -0.05) is 12.1 Å². The Morgan fingerprint density at radius 1 is 0.897 bits per heavy atom. The fourth-order valence-electron chi connectivity index (χ4n) is 2.33. The van der Waals surface area contributed by atoms with Crippen LogP contribution in [-0.2, 0) is 11.0 Å². The van der Waals surface area contributed by atoms with Crippen LogP contribution in [0.5, 0.6) is 11.5 Å². The van der Waals surface area contributed by atoms with Gasteiger partial charge < -0.3 is 20.1 Å². The molecule has 29 heavy (non-hydrogen) atoms. The van der Waals surface area contributed by atoms with E-state index in [0.717, 1.165) is 24.3 Å². The minimum atomic E-state index is -4.45. The highest BCUT2D eigenvalue weighted by Crippen LogP contribution is 2.29. The monoisotopic (exact) mass is 410 g/mol. The maximum atomic E-state index is 12.5. The zero-order chi connectivity index (χ0) is 21.3. The number of alkyl halides is 3. The van der Waals surface area contributed by atoms with Gasteiger partial charge in [0.15, 0.2) is 18.1 Å². The van der Waals surface area contributed by atoms with Crippen molar-refractivity contribution in [1.82, 2.24) is 10.6 Å². The Balaban J connectivity index is 1.71. The average molecular weight is 410 g/mol. The number of amides is 2. The van der Waals surface area contributed by atoms with E-state index in [-0.39, 0.29) is 31.2 Å². The zero-order valence-electron chi connectivity index (χ0n) is 15.7. The second kappa shape index (κ2) is 10.4. The van der Waals surface area contributed by atoms with Crippen LogP contribution in [0.4, 0.5) is 13.2 Å². The van der Waals surface area contributed by atoms with Crippen LogP contribution in [0.1, 0.15) is 22.8 Å². The first-order valence-electron chi connectivity index (χ1n) is 8.88. The number of carbonyl (C=O) groups is 2. The topological polar surface area (TPSA) is 76.7 Å². The van der Waals surface area contributed by atoms with Crippen molar-refractivity contribution in [3.05, 3.63) is 59.7 Å². The Kier molecular flexibility index (Phi) is 7.88. The van der Waals surface area contributed by atoms with Crippen molar-refractivity contribution in [3.8, 4) is 11.5 Å². The number of hydrogen-bond donors (Lipinski definition) is 2. The zero-order valence-corrected chi connectivity index (χ0v) is 15.7. The molecule has 0 radical (unpaired) electrons. The first-order chi connectivity index (χ1) is 13.8. The van der Waals surface area contributed by atoms with Crippen LogP contribution in [0.3, 0.4) is 0 Å². The summed E-state index contributed by atoms with van der Waals surface area (Å²) in [6, 6.07) is 10.8. The molecule has 0 aromatic heterocycles. The summed E-state index contributed by atoms with van der Waals surface area (Å²) in [6.07, 6.45) is -4.45. The molecule has 0 unspecified atom stereocenters. The summed E-state index contributed by atoms with van der Waals surface area (Å²) in [5.74, 6) is 0.0571. The van der Waals surface area contributed by atoms with Gasteiger partial charge >= 0.3 is 6.18 Å². The second-order valence-corrected chi connectivity index (χ2v) is 5.85. The Bertz CT molecular complexity index is 823. The number of rotatable bonds is 9. The molecule has 0 heterocycles. The Hall–Kier alpha value is -3.23. The predicted octanol–water partition coefficient (Wildman–Crippen LogP) is 3.03. The molecule has 0 atom stereocenters. The molecule has 0 saturated heterocycles. The predicted molar refractivity (Wildman–Crippen MR) is 99.9 cm³/mol.